The van der Waals surface area contributed by atoms with Gasteiger partial charge in [-0.2, -0.15) is 0 Å². The molecule has 26 heavy (non-hydrogen) atoms. The molecule has 0 radical (unpaired) electrons. The Morgan fingerprint density at radius 2 is 0.846 bits per heavy atom. The van der Waals surface area contributed by atoms with Crippen LogP contribution in [0.15, 0.2) is 0 Å². The van der Waals surface area contributed by atoms with Crippen LogP contribution in [0.3, 0.4) is 0 Å². The lowest BCUT2D eigenvalue weighted by Crippen LogP contribution is -2.67. The van der Waals surface area contributed by atoms with Gasteiger partial charge in [0.15, 0.2) is 0 Å². The van der Waals surface area contributed by atoms with Crippen molar-refractivity contribution < 1.29 is 0 Å². The van der Waals surface area contributed by atoms with Crippen molar-refractivity contribution in [2.24, 2.45) is 44.8 Å². The van der Waals surface area contributed by atoms with Crippen LogP contribution >= 0.6 is 0 Å². The molecule has 8 bridgehead atoms. The third kappa shape index (κ3) is 1.68. The van der Waals surface area contributed by atoms with Crippen LogP contribution in [0.1, 0.15) is 77.0 Å². The minimum Gasteiger partial charge on any atom is -0.120 e. The van der Waals surface area contributed by atoms with Gasteiger partial charge in [0, 0.05) is 16.2 Å². The Morgan fingerprint density at radius 3 is 1.15 bits per heavy atom. The Balaban J connectivity index is 1.53. The molecule has 8 fully saturated rings. The van der Waals surface area contributed by atoms with E-state index in [2.05, 4.69) is 17.8 Å². The van der Waals surface area contributed by atoms with E-state index in [4.69, 9.17) is 19.3 Å². The molecule has 0 aromatic carbocycles. The van der Waals surface area contributed by atoms with Crippen LogP contribution in [0.25, 0.3) is 0 Å². The molecular formula is C26H30. The van der Waals surface area contributed by atoms with Crippen LogP contribution in [0, 0.1) is 81.9 Å². The van der Waals surface area contributed by atoms with Gasteiger partial charge in [-0.05, 0) is 106 Å². The van der Waals surface area contributed by atoms with Crippen LogP contribution in [0.2, 0.25) is 0 Å². The first-order valence-electron chi connectivity index (χ1n) is 10.8. The average molecular weight is 343 g/mol. The zero-order valence-corrected chi connectivity index (χ0v) is 15.9. The average Bonchev–Trinajstić information content (AvgIpc) is 2.60. The van der Waals surface area contributed by atoms with Crippen molar-refractivity contribution in [3.05, 3.63) is 0 Å². The normalized spacial score (nSPS) is 61.0. The Kier molecular flexibility index (Phi) is 2.65. The third-order valence-corrected chi connectivity index (χ3v) is 10.1. The van der Waals surface area contributed by atoms with Crippen molar-refractivity contribution in [1.29, 1.82) is 0 Å². The Bertz CT molecular complexity index is 687. The highest BCUT2D eigenvalue weighted by atomic mass is 14.8. The van der Waals surface area contributed by atoms with Gasteiger partial charge < -0.3 is 0 Å². The maximum Gasteiger partial charge on any atom is 0.0346 e. The summed E-state index contributed by atoms with van der Waals surface area (Å²) in [7, 11) is 0. The standard InChI is InChI=1S/C26H30/c1-4-22-13-23(5-2)15-24(6-3,14-22)18-26(16-22,17-23)25-10-19-7-20(11-25)9-21(8-19)12-25/h1-3,19-21H,7-18H2. The van der Waals surface area contributed by atoms with Crippen molar-refractivity contribution in [1.82, 2.24) is 0 Å². The quantitative estimate of drug-likeness (QED) is 0.557. The van der Waals surface area contributed by atoms with E-state index in [0.717, 1.165) is 37.0 Å². The largest absolute Gasteiger partial charge is 0.120 e. The van der Waals surface area contributed by atoms with Crippen LogP contribution in [0.4, 0.5) is 0 Å². The van der Waals surface area contributed by atoms with E-state index < -0.39 is 0 Å². The van der Waals surface area contributed by atoms with Gasteiger partial charge in [0.2, 0.25) is 0 Å². The highest BCUT2D eigenvalue weighted by Gasteiger charge is 2.73. The van der Waals surface area contributed by atoms with Crippen molar-refractivity contribution in [3.8, 4) is 37.0 Å². The molecule has 0 heterocycles. The molecule has 8 saturated carbocycles. The van der Waals surface area contributed by atoms with E-state index in [0.29, 0.717) is 10.8 Å². The summed E-state index contributed by atoms with van der Waals surface area (Å²) in [5, 5.41) is 0. The molecule has 0 N–H and O–H groups in total. The Morgan fingerprint density at radius 1 is 0.500 bits per heavy atom. The van der Waals surface area contributed by atoms with E-state index in [1.807, 2.05) is 0 Å². The molecule has 0 unspecified atom stereocenters. The molecule has 8 rings (SSSR count). The molecule has 8 aliphatic rings. The fourth-order valence-corrected chi connectivity index (χ4v) is 10.4. The predicted molar refractivity (Wildman–Crippen MR) is 105 cm³/mol. The second-order valence-corrected chi connectivity index (χ2v) is 11.8. The molecule has 0 spiro atoms. The molecule has 0 amide bonds. The molecule has 0 atom stereocenters. The molecule has 0 aromatic rings. The summed E-state index contributed by atoms with van der Waals surface area (Å²) in [5.74, 6) is 12.8. The molecule has 8 aliphatic carbocycles. The van der Waals surface area contributed by atoms with Crippen LogP contribution < -0.4 is 0 Å². The van der Waals surface area contributed by atoms with Gasteiger partial charge in [0.25, 0.3) is 0 Å². The van der Waals surface area contributed by atoms with Crippen molar-refractivity contribution in [3.63, 3.8) is 0 Å². The summed E-state index contributed by atoms with van der Waals surface area (Å²) in [6.45, 7) is 0. The summed E-state index contributed by atoms with van der Waals surface area (Å²) in [6.07, 6.45) is 34.2. The summed E-state index contributed by atoms with van der Waals surface area (Å²) >= 11 is 0. The molecule has 0 aromatic heterocycles. The van der Waals surface area contributed by atoms with Gasteiger partial charge in [-0.25, -0.2) is 0 Å². The van der Waals surface area contributed by atoms with Gasteiger partial charge in [-0.15, -0.1) is 19.3 Å². The summed E-state index contributed by atoms with van der Waals surface area (Å²) in [4.78, 5) is 0. The SMILES string of the molecule is C#CC12CC3(C#C)CC(C#C)(C1)CC(C14CC5CC(CC(C5)C1)C4)(C2)C3. The second kappa shape index (κ2) is 4.39. The Labute approximate surface area is 159 Å². The van der Waals surface area contributed by atoms with Gasteiger partial charge in [0.1, 0.15) is 0 Å². The van der Waals surface area contributed by atoms with Gasteiger partial charge in [0.05, 0.1) is 0 Å². The van der Waals surface area contributed by atoms with Gasteiger partial charge >= 0.3 is 0 Å². The third-order valence-electron chi connectivity index (χ3n) is 10.1. The zero-order chi connectivity index (χ0) is 17.8. The first-order chi connectivity index (χ1) is 12.4. The Hall–Kier alpha value is -1.32. The monoisotopic (exact) mass is 342 g/mol. The van der Waals surface area contributed by atoms with Crippen molar-refractivity contribution >= 4 is 0 Å². The molecule has 134 valence electrons. The predicted octanol–water partition coefficient (Wildman–Crippen LogP) is 5.43. The second-order valence-electron chi connectivity index (χ2n) is 11.8. The van der Waals surface area contributed by atoms with Gasteiger partial charge in [-0.1, -0.05) is 17.8 Å². The fourth-order valence-electron chi connectivity index (χ4n) is 10.4. The maximum atomic E-state index is 6.22. The lowest BCUT2D eigenvalue weighted by atomic mass is 9.28. The van der Waals surface area contributed by atoms with E-state index in [9.17, 15) is 0 Å². The minimum atomic E-state index is -0.0309. The fraction of sp³-hybridized carbons (Fsp3) is 0.769. The summed E-state index contributed by atoms with van der Waals surface area (Å²) in [6, 6.07) is 0. The molecule has 0 saturated heterocycles. The molecule has 0 heteroatoms. The topological polar surface area (TPSA) is 0 Å². The van der Waals surface area contributed by atoms with Crippen molar-refractivity contribution in [2.75, 3.05) is 0 Å². The van der Waals surface area contributed by atoms with E-state index in [-0.39, 0.29) is 16.2 Å². The summed E-state index contributed by atoms with van der Waals surface area (Å²) < 4.78 is 0. The van der Waals surface area contributed by atoms with Crippen LogP contribution in [-0.2, 0) is 0 Å². The maximum absolute atomic E-state index is 6.22. The highest BCUT2D eigenvalue weighted by Crippen LogP contribution is 2.81. The van der Waals surface area contributed by atoms with Crippen LogP contribution in [-0.4, -0.2) is 0 Å². The first-order valence-corrected chi connectivity index (χ1v) is 10.8. The number of hydrogen-bond acceptors (Lipinski definition) is 0. The first kappa shape index (κ1) is 15.7. The molecular weight excluding hydrogens is 312 g/mol. The van der Waals surface area contributed by atoms with Crippen LogP contribution in [0.5, 0.6) is 0 Å². The van der Waals surface area contributed by atoms with E-state index >= 15 is 0 Å². The lowest BCUT2D eigenvalue weighted by Gasteiger charge is -2.74. The van der Waals surface area contributed by atoms with Gasteiger partial charge in [-0.3, -0.25) is 0 Å². The molecule has 0 nitrogen and oxygen atoms in total. The number of terminal acetylenes is 3. The van der Waals surface area contributed by atoms with E-state index in [1.165, 1.54) is 57.8 Å². The molecule has 0 aliphatic heterocycles. The van der Waals surface area contributed by atoms with Crippen molar-refractivity contribution in [2.45, 2.75) is 77.0 Å². The number of hydrogen-bond donors (Lipinski definition) is 0. The van der Waals surface area contributed by atoms with E-state index in [1.54, 1.807) is 0 Å². The minimum absolute atomic E-state index is 0.0309. The zero-order valence-electron chi connectivity index (χ0n) is 15.9. The smallest absolute Gasteiger partial charge is 0.0346 e. The lowest BCUT2D eigenvalue weighted by molar-refractivity contribution is -0.235. The number of rotatable bonds is 1. The highest BCUT2D eigenvalue weighted by molar-refractivity contribution is 5.35. The summed E-state index contributed by atoms with van der Waals surface area (Å²) in [5.41, 5.74) is 0.725.